The highest BCUT2D eigenvalue weighted by Crippen LogP contribution is 2.38. The average Bonchev–Trinajstić information content (AvgIpc) is 3.14. The van der Waals surface area contributed by atoms with Crippen LogP contribution in [0.2, 0.25) is 10.0 Å². The molecule has 0 saturated heterocycles. The first-order chi connectivity index (χ1) is 14.4. The van der Waals surface area contributed by atoms with E-state index >= 15 is 0 Å². The van der Waals surface area contributed by atoms with Crippen LogP contribution in [0, 0.1) is 0 Å². The molecule has 152 valence electrons. The number of nitrogens with zero attached hydrogens (tertiary/aromatic N) is 1. The number of hydrogen-bond acceptors (Lipinski definition) is 6. The molecule has 4 rings (SSSR count). The first-order valence-corrected chi connectivity index (χ1v) is 9.42. The Kier molecular flexibility index (Phi) is 5.24. The van der Waals surface area contributed by atoms with Gasteiger partial charge in [0.15, 0.2) is 11.3 Å². The Labute approximate surface area is 180 Å². The Morgan fingerprint density at radius 2 is 1.80 bits per heavy atom. The fourth-order valence-corrected chi connectivity index (χ4v) is 3.62. The van der Waals surface area contributed by atoms with Crippen LogP contribution in [0.1, 0.15) is 20.7 Å². The number of nitrogens with one attached hydrogen (secondary N) is 1. The summed E-state index contributed by atoms with van der Waals surface area (Å²) in [7, 11) is 2.79. The zero-order valence-corrected chi connectivity index (χ0v) is 17.3. The molecule has 0 fully saturated rings. The van der Waals surface area contributed by atoms with E-state index in [1.54, 1.807) is 30.3 Å². The number of carbonyl (C=O) groups excluding carboxylic acids is 2. The van der Waals surface area contributed by atoms with Gasteiger partial charge in [-0.05, 0) is 30.3 Å². The molecule has 4 aromatic rings. The minimum Gasteiger partial charge on any atom is -0.493 e. The summed E-state index contributed by atoms with van der Waals surface area (Å²) in [5.74, 6) is -0.531. The molecule has 1 amide bonds. The van der Waals surface area contributed by atoms with Gasteiger partial charge in [0.2, 0.25) is 0 Å². The minimum atomic E-state index is -0.504. The van der Waals surface area contributed by atoms with Crippen molar-refractivity contribution in [1.29, 1.82) is 0 Å². The van der Waals surface area contributed by atoms with Crippen LogP contribution in [0.4, 0.5) is 5.69 Å². The number of pyridine rings is 1. The standard InChI is InChI=1S/C21H14Cl2N2O5/c1-28-16-6-4-11(20(26)25-18-13(22)8-24-9-14(18)23)17-12-7-10(21(27)29-2)3-5-15(12)30-19(16)17/h3-9H,1-2H3,(H,24,25,26). The molecule has 0 aliphatic rings. The van der Waals surface area contributed by atoms with Gasteiger partial charge >= 0.3 is 5.97 Å². The molecule has 2 aromatic heterocycles. The second kappa shape index (κ2) is 7.85. The fourth-order valence-electron chi connectivity index (χ4n) is 3.16. The molecule has 30 heavy (non-hydrogen) atoms. The minimum absolute atomic E-state index is 0.200. The van der Waals surface area contributed by atoms with Crippen molar-refractivity contribution >= 4 is 62.7 Å². The summed E-state index contributed by atoms with van der Waals surface area (Å²) < 4.78 is 16.1. The molecule has 0 aliphatic carbocycles. The van der Waals surface area contributed by atoms with Crippen molar-refractivity contribution in [2.75, 3.05) is 19.5 Å². The van der Waals surface area contributed by atoms with E-state index in [9.17, 15) is 9.59 Å². The van der Waals surface area contributed by atoms with Gasteiger partial charge in [0.25, 0.3) is 5.91 Å². The third-order valence-electron chi connectivity index (χ3n) is 4.56. The number of carbonyl (C=O) groups is 2. The summed E-state index contributed by atoms with van der Waals surface area (Å²) in [6.07, 6.45) is 2.76. The normalized spacial score (nSPS) is 10.9. The highest BCUT2D eigenvalue weighted by atomic mass is 35.5. The first-order valence-electron chi connectivity index (χ1n) is 8.66. The van der Waals surface area contributed by atoms with E-state index in [2.05, 4.69) is 10.3 Å². The van der Waals surface area contributed by atoms with Crippen molar-refractivity contribution in [3.63, 3.8) is 0 Å². The Morgan fingerprint density at radius 1 is 1.07 bits per heavy atom. The number of fused-ring (bicyclic) bond motifs is 3. The molecule has 0 aliphatic heterocycles. The van der Waals surface area contributed by atoms with Crippen molar-refractivity contribution in [2.24, 2.45) is 0 Å². The maximum atomic E-state index is 13.1. The number of benzene rings is 2. The van der Waals surface area contributed by atoms with Gasteiger partial charge in [-0.25, -0.2) is 4.79 Å². The lowest BCUT2D eigenvalue weighted by Gasteiger charge is -2.10. The number of hydrogen-bond donors (Lipinski definition) is 1. The highest BCUT2D eigenvalue weighted by Gasteiger charge is 2.22. The third kappa shape index (κ3) is 3.32. The lowest BCUT2D eigenvalue weighted by atomic mass is 10.0. The maximum Gasteiger partial charge on any atom is 0.337 e. The summed E-state index contributed by atoms with van der Waals surface area (Å²) in [5.41, 5.74) is 1.70. The van der Waals surface area contributed by atoms with Crippen LogP contribution >= 0.6 is 23.2 Å². The van der Waals surface area contributed by atoms with Crippen LogP contribution in [-0.4, -0.2) is 31.1 Å². The molecule has 0 atom stereocenters. The molecule has 2 heterocycles. The number of rotatable bonds is 4. The number of methoxy groups -OCH3 is 2. The van der Waals surface area contributed by atoms with Gasteiger partial charge in [-0.15, -0.1) is 0 Å². The zero-order chi connectivity index (χ0) is 21.4. The van der Waals surface area contributed by atoms with E-state index in [-0.39, 0.29) is 21.3 Å². The number of amides is 1. The van der Waals surface area contributed by atoms with Gasteiger partial charge in [-0.3, -0.25) is 9.78 Å². The third-order valence-corrected chi connectivity index (χ3v) is 5.13. The molecular formula is C21H14Cl2N2O5. The zero-order valence-electron chi connectivity index (χ0n) is 15.8. The lowest BCUT2D eigenvalue weighted by Crippen LogP contribution is -2.13. The van der Waals surface area contributed by atoms with Crippen molar-refractivity contribution in [2.45, 2.75) is 0 Å². The largest absolute Gasteiger partial charge is 0.493 e. The summed E-state index contributed by atoms with van der Waals surface area (Å²) in [5, 5.41) is 4.15. The van der Waals surface area contributed by atoms with Crippen molar-refractivity contribution in [3.8, 4) is 5.75 Å². The number of aromatic nitrogens is 1. The molecule has 7 nitrogen and oxygen atoms in total. The molecule has 0 spiro atoms. The second-order valence-electron chi connectivity index (χ2n) is 6.26. The average molecular weight is 445 g/mol. The number of halogens is 2. The maximum absolute atomic E-state index is 13.1. The fraction of sp³-hybridized carbons (Fsp3) is 0.0952. The lowest BCUT2D eigenvalue weighted by molar-refractivity contribution is 0.0601. The van der Waals surface area contributed by atoms with Gasteiger partial charge in [-0.1, -0.05) is 23.2 Å². The van der Waals surface area contributed by atoms with Gasteiger partial charge < -0.3 is 19.2 Å². The van der Waals surface area contributed by atoms with Gasteiger partial charge in [0.1, 0.15) is 5.58 Å². The number of anilines is 1. The summed E-state index contributed by atoms with van der Waals surface area (Å²) in [6.45, 7) is 0. The van der Waals surface area contributed by atoms with E-state index < -0.39 is 11.9 Å². The second-order valence-corrected chi connectivity index (χ2v) is 7.07. The first kappa shape index (κ1) is 20.0. The Hall–Kier alpha value is -3.29. The van der Waals surface area contributed by atoms with Crippen LogP contribution in [-0.2, 0) is 4.74 Å². The van der Waals surface area contributed by atoms with Crippen LogP contribution < -0.4 is 10.1 Å². The number of furan rings is 1. The predicted octanol–water partition coefficient (Wildman–Crippen LogP) is 5.34. The molecule has 2 aromatic carbocycles. The smallest absolute Gasteiger partial charge is 0.337 e. The van der Waals surface area contributed by atoms with Gasteiger partial charge in [0.05, 0.1) is 41.1 Å². The Morgan fingerprint density at radius 3 is 2.47 bits per heavy atom. The Bertz CT molecular complexity index is 1300. The number of esters is 1. The van der Waals surface area contributed by atoms with Crippen LogP contribution in [0.25, 0.3) is 21.9 Å². The van der Waals surface area contributed by atoms with Crippen molar-refractivity contribution < 1.29 is 23.5 Å². The molecular weight excluding hydrogens is 431 g/mol. The molecule has 0 radical (unpaired) electrons. The van der Waals surface area contributed by atoms with Crippen LogP contribution in [0.15, 0.2) is 47.1 Å². The van der Waals surface area contributed by atoms with Gasteiger partial charge in [0, 0.05) is 23.2 Å². The van der Waals surface area contributed by atoms with Crippen LogP contribution in [0.3, 0.4) is 0 Å². The molecule has 1 N–H and O–H groups in total. The number of ether oxygens (including phenoxy) is 2. The predicted molar refractivity (Wildman–Crippen MR) is 114 cm³/mol. The highest BCUT2D eigenvalue weighted by molar-refractivity contribution is 6.40. The summed E-state index contributed by atoms with van der Waals surface area (Å²) in [4.78, 5) is 29.0. The van der Waals surface area contributed by atoms with Gasteiger partial charge in [-0.2, -0.15) is 0 Å². The molecule has 0 bridgehead atoms. The molecule has 0 saturated carbocycles. The monoisotopic (exact) mass is 444 g/mol. The Balaban J connectivity index is 1.92. The quantitative estimate of drug-likeness (QED) is 0.427. The topological polar surface area (TPSA) is 90.7 Å². The van der Waals surface area contributed by atoms with E-state index in [0.29, 0.717) is 33.3 Å². The van der Waals surface area contributed by atoms with E-state index in [4.69, 9.17) is 37.1 Å². The van der Waals surface area contributed by atoms with E-state index in [1.165, 1.54) is 26.6 Å². The van der Waals surface area contributed by atoms with Crippen molar-refractivity contribution in [3.05, 3.63) is 63.9 Å². The van der Waals surface area contributed by atoms with E-state index in [1.807, 2.05) is 0 Å². The summed E-state index contributed by atoms with van der Waals surface area (Å²) in [6, 6.07) is 8.05. The molecule has 0 unspecified atom stereocenters. The SMILES string of the molecule is COC(=O)c1ccc2oc3c(OC)ccc(C(=O)Nc4c(Cl)cncc4Cl)c3c2c1. The van der Waals surface area contributed by atoms with E-state index in [0.717, 1.165) is 0 Å². The summed E-state index contributed by atoms with van der Waals surface area (Å²) >= 11 is 12.2. The van der Waals surface area contributed by atoms with Crippen LogP contribution in [0.5, 0.6) is 5.75 Å². The van der Waals surface area contributed by atoms with Crippen molar-refractivity contribution in [1.82, 2.24) is 4.98 Å². The molecule has 9 heteroatoms.